The molecular formula is C23H33NO3. The van der Waals surface area contributed by atoms with Gasteiger partial charge in [0.15, 0.2) is 0 Å². The van der Waals surface area contributed by atoms with Crippen molar-refractivity contribution in [2.75, 3.05) is 27.4 Å². The minimum absolute atomic E-state index is 0.686. The van der Waals surface area contributed by atoms with Crippen molar-refractivity contribution in [2.24, 2.45) is 5.16 Å². The van der Waals surface area contributed by atoms with Crippen molar-refractivity contribution < 1.29 is 14.3 Å². The van der Waals surface area contributed by atoms with E-state index in [4.69, 9.17) is 14.3 Å². The van der Waals surface area contributed by atoms with Crippen LogP contribution in [0.5, 0.6) is 5.75 Å². The number of fused-ring (bicyclic) bond motifs is 3. The van der Waals surface area contributed by atoms with Gasteiger partial charge in [-0.1, -0.05) is 57.1 Å². The molecule has 0 radical (unpaired) electrons. The molecule has 0 aliphatic heterocycles. The Morgan fingerprint density at radius 1 is 0.741 bits per heavy atom. The van der Waals surface area contributed by atoms with E-state index in [2.05, 4.69) is 23.4 Å². The van der Waals surface area contributed by atoms with Gasteiger partial charge in [-0.3, -0.25) is 0 Å². The molecule has 0 N–H and O–H groups in total. The Morgan fingerprint density at radius 3 is 2.04 bits per heavy atom. The maximum Gasteiger partial charge on any atom is 0.120 e. The van der Waals surface area contributed by atoms with Crippen molar-refractivity contribution in [2.45, 2.75) is 40.5 Å². The first kappa shape index (κ1) is 22.7. The van der Waals surface area contributed by atoms with Crippen LogP contribution in [0.15, 0.2) is 47.6 Å². The Morgan fingerprint density at radius 2 is 1.37 bits per heavy atom. The highest BCUT2D eigenvalue weighted by molar-refractivity contribution is 6.24. The molecule has 3 rings (SSSR count). The van der Waals surface area contributed by atoms with Crippen LogP contribution >= 0.6 is 0 Å². The first-order valence-corrected chi connectivity index (χ1v) is 9.82. The molecule has 1 aliphatic carbocycles. The van der Waals surface area contributed by atoms with E-state index in [9.17, 15) is 0 Å². The zero-order valence-electron chi connectivity index (χ0n) is 17.5. The van der Waals surface area contributed by atoms with Gasteiger partial charge in [0.25, 0.3) is 0 Å². The van der Waals surface area contributed by atoms with Gasteiger partial charge >= 0.3 is 0 Å². The predicted octanol–water partition coefficient (Wildman–Crippen LogP) is 5.92. The zero-order valence-corrected chi connectivity index (χ0v) is 17.5. The lowest BCUT2D eigenvalue weighted by atomic mass is 10.1. The second-order valence-electron chi connectivity index (χ2n) is 5.42. The van der Waals surface area contributed by atoms with Gasteiger partial charge < -0.3 is 14.3 Å². The average Bonchev–Trinajstić information content (AvgIpc) is 3.05. The highest BCUT2D eigenvalue weighted by Crippen LogP contribution is 2.38. The van der Waals surface area contributed by atoms with Crippen LogP contribution in [0.25, 0.3) is 11.1 Å². The van der Waals surface area contributed by atoms with Crippen LogP contribution in [0, 0.1) is 0 Å². The van der Waals surface area contributed by atoms with Crippen molar-refractivity contribution in [3.63, 3.8) is 0 Å². The number of oxime groups is 1. The maximum absolute atomic E-state index is 5.85. The number of hydrogen-bond acceptors (Lipinski definition) is 4. The zero-order chi connectivity index (χ0) is 20.1. The van der Waals surface area contributed by atoms with Crippen LogP contribution < -0.4 is 4.74 Å². The van der Waals surface area contributed by atoms with Crippen LogP contribution in [-0.2, 0) is 9.57 Å². The fraction of sp³-hybridized carbons (Fsp3) is 0.435. The summed E-state index contributed by atoms with van der Waals surface area (Å²) in [4.78, 5) is 5.04. The summed E-state index contributed by atoms with van der Waals surface area (Å²) >= 11 is 0. The van der Waals surface area contributed by atoms with Crippen LogP contribution in [0.1, 0.15) is 51.7 Å². The molecule has 0 atom stereocenters. The van der Waals surface area contributed by atoms with E-state index >= 15 is 0 Å². The van der Waals surface area contributed by atoms with Gasteiger partial charge in [-0.05, 0) is 42.2 Å². The smallest absolute Gasteiger partial charge is 0.120 e. The third kappa shape index (κ3) is 5.83. The van der Waals surface area contributed by atoms with Crippen molar-refractivity contribution in [1.82, 2.24) is 0 Å². The summed E-state index contributed by atoms with van der Waals surface area (Å²) in [6.07, 6.45) is 1.98. The van der Waals surface area contributed by atoms with Crippen molar-refractivity contribution >= 4 is 5.71 Å². The summed E-state index contributed by atoms with van der Waals surface area (Å²) < 4.78 is 10.9. The van der Waals surface area contributed by atoms with Gasteiger partial charge in [0.1, 0.15) is 18.6 Å². The fourth-order valence-corrected chi connectivity index (χ4v) is 2.84. The number of rotatable bonds is 7. The third-order valence-corrected chi connectivity index (χ3v) is 3.91. The standard InChI is InChI=1S/C19H21NO3.2C2H6/c1-21-11-5-6-12-23-14-9-10-16-15-7-3-4-8-17(15)19(20-22-2)18(16)13-14;2*1-2/h3-4,7-10,13H,5-6,11-12H2,1-2H3;2*1-2H3/b20-19-;;. The molecule has 0 bridgehead atoms. The summed E-state index contributed by atoms with van der Waals surface area (Å²) in [6, 6.07) is 14.4. The van der Waals surface area contributed by atoms with Gasteiger partial charge in [-0.15, -0.1) is 0 Å². The van der Waals surface area contributed by atoms with E-state index < -0.39 is 0 Å². The molecule has 148 valence electrons. The molecule has 0 unspecified atom stereocenters. The molecule has 1 aliphatic rings. The molecular weight excluding hydrogens is 338 g/mol. The number of ether oxygens (including phenoxy) is 2. The molecule has 0 aromatic heterocycles. The van der Waals surface area contributed by atoms with Gasteiger partial charge in [-0.25, -0.2) is 0 Å². The van der Waals surface area contributed by atoms with Crippen molar-refractivity contribution in [1.29, 1.82) is 0 Å². The number of benzene rings is 2. The molecule has 27 heavy (non-hydrogen) atoms. The van der Waals surface area contributed by atoms with E-state index in [0.29, 0.717) is 6.61 Å². The minimum Gasteiger partial charge on any atom is -0.494 e. The first-order chi connectivity index (χ1) is 13.3. The van der Waals surface area contributed by atoms with Crippen LogP contribution in [0.4, 0.5) is 0 Å². The number of unbranched alkanes of at least 4 members (excludes halogenated alkanes) is 1. The molecule has 0 spiro atoms. The van der Waals surface area contributed by atoms with E-state index in [-0.39, 0.29) is 0 Å². The molecule has 0 heterocycles. The lowest BCUT2D eigenvalue weighted by molar-refractivity contribution is 0.184. The Bertz CT molecular complexity index is 711. The lowest BCUT2D eigenvalue weighted by Crippen LogP contribution is -2.02. The predicted molar refractivity (Wildman–Crippen MR) is 114 cm³/mol. The summed E-state index contributed by atoms with van der Waals surface area (Å²) in [5.74, 6) is 0.859. The van der Waals surface area contributed by atoms with Crippen LogP contribution in [0.3, 0.4) is 0 Å². The lowest BCUT2D eigenvalue weighted by Gasteiger charge is -2.08. The second kappa shape index (κ2) is 12.9. The molecule has 4 nitrogen and oxygen atoms in total. The second-order valence-corrected chi connectivity index (χ2v) is 5.42. The molecule has 0 fully saturated rings. The summed E-state index contributed by atoms with van der Waals surface area (Å²) in [7, 11) is 3.29. The van der Waals surface area contributed by atoms with Gasteiger partial charge in [-0.2, -0.15) is 0 Å². The van der Waals surface area contributed by atoms with Gasteiger partial charge in [0, 0.05) is 24.8 Å². The van der Waals surface area contributed by atoms with Crippen LogP contribution in [-0.4, -0.2) is 33.1 Å². The fourth-order valence-electron chi connectivity index (χ4n) is 2.84. The monoisotopic (exact) mass is 371 g/mol. The maximum atomic E-state index is 5.85. The number of methoxy groups -OCH3 is 1. The third-order valence-electron chi connectivity index (χ3n) is 3.91. The summed E-state index contributed by atoms with van der Waals surface area (Å²) in [5.41, 5.74) is 5.38. The average molecular weight is 372 g/mol. The molecule has 0 saturated carbocycles. The molecule has 0 amide bonds. The Hall–Kier alpha value is -2.33. The number of nitrogens with zero attached hydrogens (tertiary/aromatic N) is 1. The molecule has 2 aromatic carbocycles. The SMILES string of the molecule is CC.CC.COCCCCOc1ccc2c(c1)/C(=N\OC)c1ccccc1-2. The minimum atomic E-state index is 0.686. The van der Waals surface area contributed by atoms with Crippen molar-refractivity contribution in [3.8, 4) is 16.9 Å². The first-order valence-electron chi connectivity index (χ1n) is 9.82. The largest absolute Gasteiger partial charge is 0.494 e. The highest BCUT2D eigenvalue weighted by Gasteiger charge is 2.25. The summed E-state index contributed by atoms with van der Waals surface area (Å²) in [5, 5.41) is 4.21. The summed E-state index contributed by atoms with van der Waals surface area (Å²) in [6.45, 7) is 9.46. The molecule has 0 saturated heterocycles. The van der Waals surface area contributed by atoms with Crippen molar-refractivity contribution in [3.05, 3.63) is 53.6 Å². The topological polar surface area (TPSA) is 40.0 Å². The molecule has 2 aromatic rings. The Kier molecular flexibility index (Phi) is 10.9. The quantitative estimate of drug-likeness (QED) is 0.382. The van der Waals surface area contributed by atoms with E-state index in [1.165, 1.54) is 11.1 Å². The van der Waals surface area contributed by atoms with Crippen LogP contribution in [0.2, 0.25) is 0 Å². The van der Waals surface area contributed by atoms with Gasteiger partial charge in [0.05, 0.1) is 6.61 Å². The number of hydrogen-bond donors (Lipinski definition) is 0. The Labute approximate surface area is 164 Å². The van der Waals surface area contributed by atoms with E-state index in [0.717, 1.165) is 42.0 Å². The Balaban J connectivity index is 0.000000855. The molecule has 4 heteroatoms. The van der Waals surface area contributed by atoms with E-state index in [1.807, 2.05) is 52.0 Å². The van der Waals surface area contributed by atoms with E-state index in [1.54, 1.807) is 14.2 Å². The van der Waals surface area contributed by atoms with Gasteiger partial charge in [0.2, 0.25) is 0 Å². The normalized spacial score (nSPS) is 12.1. The highest BCUT2D eigenvalue weighted by atomic mass is 16.6.